The zero-order valence-electron chi connectivity index (χ0n) is 8.66. The van der Waals surface area contributed by atoms with Crippen LogP contribution in [0.3, 0.4) is 0 Å². The second kappa shape index (κ2) is 6.25. The van der Waals surface area contributed by atoms with Gasteiger partial charge in [0.25, 0.3) is 0 Å². The van der Waals surface area contributed by atoms with Gasteiger partial charge in [0.2, 0.25) is 5.91 Å². The number of carbonyl (C=O) groups excluding carboxylic acids is 1. The first-order valence-corrected chi connectivity index (χ1v) is 5.23. The fraction of sp³-hybridized carbons (Fsp3) is 0.250. The van der Waals surface area contributed by atoms with Crippen LogP contribution in [-0.4, -0.2) is 12.5 Å². The summed E-state index contributed by atoms with van der Waals surface area (Å²) < 4.78 is 0. The molecule has 1 rings (SSSR count). The van der Waals surface area contributed by atoms with Gasteiger partial charge in [0.15, 0.2) is 0 Å². The van der Waals surface area contributed by atoms with E-state index >= 15 is 0 Å². The summed E-state index contributed by atoms with van der Waals surface area (Å²) in [5.41, 5.74) is 1.00. The topological polar surface area (TPSA) is 29.1 Å². The molecule has 0 fully saturated rings. The first-order valence-electron chi connectivity index (χ1n) is 4.85. The summed E-state index contributed by atoms with van der Waals surface area (Å²) in [6.45, 7) is 2.17. The number of nitrogens with one attached hydrogen (secondary N) is 1. The third-order valence-electron chi connectivity index (χ3n) is 1.89. The van der Waals surface area contributed by atoms with Crippen molar-refractivity contribution in [1.29, 1.82) is 0 Å². The van der Waals surface area contributed by atoms with Crippen molar-refractivity contribution in [2.45, 2.75) is 13.3 Å². The molecule has 0 saturated carbocycles. The monoisotopic (exact) mass is 223 g/mol. The lowest BCUT2D eigenvalue weighted by atomic mass is 10.2. The number of amides is 1. The van der Waals surface area contributed by atoms with E-state index in [9.17, 15) is 4.79 Å². The van der Waals surface area contributed by atoms with Gasteiger partial charge in [-0.25, -0.2) is 0 Å². The SMILES string of the molecule is CC(=O)NCCC=Cc1ccccc1Cl. The number of hydrogen-bond donors (Lipinski definition) is 1. The molecule has 80 valence electrons. The minimum atomic E-state index is 0.00106. The lowest BCUT2D eigenvalue weighted by Crippen LogP contribution is -2.20. The van der Waals surface area contributed by atoms with E-state index in [-0.39, 0.29) is 5.91 Å². The van der Waals surface area contributed by atoms with Crippen LogP contribution in [0.15, 0.2) is 30.3 Å². The van der Waals surface area contributed by atoms with Crippen LogP contribution in [-0.2, 0) is 4.79 Å². The van der Waals surface area contributed by atoms with Gasteiger partial charge in [-0.1, -0.05) is 42.0 Å². The van der Waals surface area contributed by atoms with Crippen LogP contribution in [0.4, 0.5) is 0 Å². The van der Waals surface area contributed by atoms with Gasteiger partial charge in [0.05, 0.1) is 0 Å². The minimum absolute atomic E-state index is 0.00106. The van der Waals surface area contributed by atoms with Gasteiger partial charge in [-0.05, 0) is 18.1 Å². The average molecular weight is 224 g/mol. The molecule has 1 aromatic rings. The fourth-order valence-corrected chi connectivity index (χ4v) is 1.35. The summed E-state index contributed by atoms with van der Waals surface area (Å²) in [5, 5.41) is 3.47. The van der Waals surface area contributed by atoms with Gasteiger partial charge in [-0.3, -0.25) is 4.79 Å². The molecule has 0 heterocycles. The van der Waals surface area contributed by atoms with Crippen molar-refractivity contribution in [3.63, 3.8) is 0 Å². The summed E-state index contributed by atoms with van der Waals surface area (Å²) in [7, 11) is 0. The van der Waals surface area contributed by atoms with E-state index in [1.165, 1.54) is 6.92 Å². The zero-order chi connectivity index (χ0) is 11.1. The number of halogens is 1. The molecule has 0 atom stereocenters. The Hall–Kier alpha value is -1.28. The maximum atomic E-state index is 10.6. The maximum absolute atomic E-state index is 10.6. The van der Waals surface area contributed by atoms with Crippen LogP contribution >= 0.6 is 11.6 Å². The molecule has 15 heavy (non-hydrogen) atoms. The summed E-state index contributed by atoms with van der Waals surface area (Å²) in [6, 6.07) is 7.66. The molecule has 1 N–H and O–H groups in total. The third-order valence-corrected chi connectivity index (χ3v) is 2.23. The number of hydrogen-bond acceptors (Lipinski definition) is 1. The molecular formula is C12H14ClNO. The molecule has 0 unspecified atom stereocenters. The molecule has 0 radical (unpaired) electrons. The Labute approximate surface area is 94.9 Å². The molecule has 0 aliphatic rings. The van der Waals surface area contributed by atoms with Crippen LogP contribution in [0.25, 0.3) is 6.08 Å². The summed E-state index contributed by atoms with van der Waals surface area (Å²) in [6.07, 6.45) is 4.77. The van der Waals surface area contributed by atoms with E-state index in [4.69, 9.17) is 11.6 Å². The Balaban J connectivity index is 2.38. The number of carbonyl (C=O) groups is 1. The van der Waals surface area contributed by atoms with Crippen molar-refractivity contribution < 1.29 is 4.79 Å². The van der Waals surface area contributed by atoms with Gasteiger partial charge >= 0.3 is 0 Å². The maximum Gasteiger partial charge on any atom is 0.216 e. The van der Waals surface area contributed by atoms with E-state index < -0.39 is 0 Å². The minimum Gasteiger partial charge on any atom is -0.356 e. The Bertz CT molecular complexity index is 360. The fourth-order valence-electron chi connectivity index (χ4n) is 1.15. The zero-order valence-corrected chi connectivity index (χ0v) is 9.42. The van der Waals surface area contributed by atoms with Crippen molar-refractivity contribution >= 4 is 23.6 Å². The normalized spacial score (nSPS) is 10.5. The molecule has 0 aromatic heterocycles. The Morgan fingerprint density at radius 1 is 1.47 bits per heavy atom. The van der Waals surface area contributed by atoms with E-state index in [0.29, 0.717) is 6.54 Å². The second-order valence-electron chi connectivity index (χ2n) is 3.20. The Kier molecular flexibility index (Phi) is 4.91. The second-order valence-corrected chi connectivity index (χ2v) is 3.60. The van der Waals surface area contributed by atoms with Gasteiger partial charge in [-0.2, -0.15) is 0 Å². The van der Waals surface area contributed by atoms with E-state index in [0.717, 1.165) is 17.0 Å². The van der Waals surface area contributed by atoms with Crippen molar-refractivity contribution in [3.8, 4) is 0 Å². The highest BCUT2D eigenvalue weighted by Gasteiger charge is 1.92. The van der Waals surface area contributed by atoms with Crippen molar-refractivity contribution in [1.82, 2.24) is 5.32 Å². The van der Waals surface area contributed by atoms with Gasteiger partial charge < -0.3 is 5.32 Å². The van der Waals surface area contributed by atoms with E-state index in [1.807, 2.05) is 36.4 Å². The van der Waals surface area contributed by atoms with Crippen LogP contribution < -0.4 is 5.32 Å². The summed E-state index contributed by atoms with van der Waals surface area (Å²) >= 11 is 5.97. The molecule has 0 saturated heterocycles. The number of rotatable bonds is 4. The van der Waals surface area contributed by atoms with Crippen LogP contribution in [0.2, 0.25) is 5.02 Å². The third kappa shape index (κ3) is 4.66. The standard InChI is InChI=1S/C12H14ClNO/c1-10(15)14-9-5-4-7-11-6-2-3-8-12(11)13/h2-4,6-8H,5,9H2,1H3,(H,14,15). The highest BCUT2D eigenvalue weighted by molar-refractivity contribution is 6.32. The molecule has 0 bridgehead atoms. The van der Waals surface area contributed by atoms with Gasteiger partial charge in [0.1, 0.15) is 0 Å². The quantitative estimate of drug-likeness (QED) is 0.782. The lowest BCUT2D eigenvalue weighted by molar-refractivity contribution is -0.118. The predicted molar refractivity (Wildman–Crippen MR) is 63.8 cm³/mol. The predicted octanol–water partition coefficient (Wildman–Crippen LogP) is 2.88. The van der Waals surface area contributed by atoms with Crippen LogP contribution in [0, 0.1) is 0 Å². The first-order chi connectivity index (χ1) is 7.20. The highest BCUT2D eigenvalue weighted by Crippen LogP contribution is 2.16. The highest BCUT2D eigenvalue weighted by atomic mass is 35.5. The molecule has 0 aliphatic heterocycles. The number of benzene rings is 1. The smallest absolute Gasteiger partial charge is 0.216 e. The lowest BCUT2D eigenvalue weighted by Gasteiger charge is -1.98. The molecular weight excluding hydrogens is 210 g/mol. The van der Waals surface area contributed by atoms with E-state index in [2.05, 4.69) is 5.32 Å². The van der Waals surface area contributed by atoms with Gasteiger partial charge in [0, 0.05) is 18.5 Å². The van der Waals surface area contributed by atoms with Crippen molar-refractivity contribution in [2.75, 3.05) is 6.54 Å². The largest absolute Gasteiger partial charge is 0.356 e. The molecule has 3 heteroatoms. The van der Waals surface area contributed by atoms with Crippen molar-refractivity contribution in [3.05, 3.63) is 40.9 Å². The molecule has 1 amide bonds. The first kappa shape index (κ1) is 11.8. The van der Waals surface area contributed by atoms with Crippen molar-refractivity contribution in [2.24, 2.45) is 0 Å². The molecule has 2 nitrogen and oxygen atoms in total. The molecule has 1 aromatic carbocycles. The average Bonchev–Trinajstić information content (AvgIpc) is 2.20. The van der Waals surface area contributed by atoms with Crippen LogP contribution in [0.1, 0.15) is 18.9 Å². The molecule has 0 aliphatic carbocycles. The van der Waals surface area contributed by atoms with E-state index in [1.54, 1.807) is 0 Å². The Morgan fingerprint density at radius 3 is 2.87 bits per heavy atom. The van der Waals surface area contributed by atoms with Crippen LogP contribution in [0.5, 0.6) is 0 Å². The Morgan fingerprint density at radius 2 is 2.20 bits per heavy atom. The summed E-state index contributed by atoms with van der Waals surface area (Å²) in [5.74, 6) is 0.00106. The molecule has 0 spiro atoms. The summed E-state index contributed by atoms with van der Waals surface area (Å²) in [4.78, 5) is 10.6. The van der Waals surface area contributed by atoms with Gasteiger partial charge in [-0.15, -0.1) is 0 Å².